The summed E-state index contributed by atoms with van der Waals surface area (Å²) in [6.45, 7) is 0.231. The number of rotatable bonds is 7. The number of carbonyl (C=O) groups excluding carboxylic acids is 1. The molecule has 0 fully saturated rings. The molecule has 3 aromatic carbocycles. The molecule has 0 saturated heterocycles. The SMILES string of the molecule is O=C(CNC(Cc1ccccc1)c1ccccc1)Nc1ccc(Cl)cc1. The zero-order chi connectivity index (χ0) is 18.2. The maximum atomic E-state index is 12.3. The molecule has 26 heavy (non-hydrogen) atoms. The average molecular weight is 365 g/mol. The van der Waals surface area contributed by atoms with Crippen LogP contribution in [0.3, 0.4) is 0 Å². The Morgan fingerprint density at radius 1 is 0.846 bits per heavy atom. The van der Waals surface area contributed by atoms with Crippen LogP contribution >= 0.6 is 11.6 Å². The fourth-order valence-corrected chi connectivity index (χ4v) is 2.92. The zero-order valence-corrected chi connectivity index (χ0v) is 15.1. The van der Waals surface area contributed by atoms with E-state index in [-0.39, 0.29) is 18.5 Å². The Morgan fingerprint density at radius 2 is 1.46 bits per heavy atom. The highest BCUT2D eigenvalue weighted by molar-refractivity contribution is 6.30. The smallest absolute Gasteiger partial charge is 0.238 e. The quantitative estimate of drug-likeness (QED) is 0.629. The molecule has 0 bridgehead atoms. The maximum Gasteiger partial charge on any atom is 0.238 e. The fourth-order valence-electron chi connectivity index (χ4n) is 2.80. The van der Waals surface area contributed by atoms with Crippen molar-refractivity contribution < 1.29 is 4.79 Å². The second kappa shape index (κ2) is 9.18. The first-order valence-electron chi connectivity index (χ1n) is 8.58. The first-order valence-corrected chi connectivity index (χ1v) is 8.96. The molecule has 3 aromatic rings. The third-order valence-corrected chi connectivity index (χ3v) is 4.37. The fraction of sp³-hybridized carbons (Fsp3) is 0.136. The number of anilines is 1. The van der Waals surface area contributed by atoms with Crippen molar-refractivity contribution in [2.45, 2.75) is 12.5 Å². The van der Waals surface area contributed by atoms with E-state index in [1.54, 1.807) is 24.3 Å². The Kier molecular flexibility index (Phi) is 6.42. The van der Waals surface area contributed by atoms with Crippen molar-refractivity contribution in [2.75, 3.05) is 11.9 Å². The number of hydrogen-bond donors (Lipinski definition) is 2. The summed E-state index contributed by atoms with van der Waals surface area (Å²) in [6.07, 6.45) is 0.819. The van der Waals surface area contributed by atoms with E-state index in [2.05, 4.69) is 34.9 Å². The summed E-state index contributed by atoms with van der Waals surface area (Å²) in [5.74, 6) is -0.0821. The Morgan fingerprint density at radius 3 is 2.12 bits per heavy atom. The molecule has 3 rings (SSSR count). The minimum absolute atomic E-state index is 0.0644. The van der Waals surface area contributed by atoms with Crippen LogP contribution < -0.4 is 10.6 Å². The van der Waals surface area contributed by atoms with Gasteiger partial charge >= 0.3 is 0 Å². The normalized spacial score (nSPS) is 11.7. The Bertz CT molecular complexity index is 820. The van der Waals surface area contributed by atoms with Crippen molar-refractivity contribution in [2.24, 2.45) is 0 Å². The highest BCUT2D eigenvalue weighted by Gasteiger charge is 2.13. The van der Waals surface area contributed by atoms with Crippen molar-refractivity contribution in [1.82, 2.24) is 5.32 Å². The minimum atomic E-state index is -0.0821. The first kappa shape index (κ1) is 18.2. The van der Waals surface area contributed by atoms with Gasteiger partial charge in [-0.1, -0.05) is 72.3 Å². The van der Waals surface area contributed by atoms with Crippen LogP contribution in [0.5, 0.6) is 0 Å². The number of amides is 1. The van der Waals surface area contributed by atoms with Gasteiger partial charge < -0.3 is 10.6 Å². The molecule has 0 heterocycles. The third-order valence-electron chi connectivity index (χ3n) is 4.12. The van der Waals surface area contributed by atoms with E-state index in [0.717, 1.165) is 17.7 Å². The van der Waals surface area contributed by atoms with E-state index < -0.39 is 0 Å². The van der Waals surface area contributed by atoms with Gasteiger partial charge in [0, 0.05) is 16.8 Å². The number of hydrogen-bond acceptors (Lipinski definition) is 2. The Hall–Kier alpha value is -2.62. The largest absolute Gasteiger partial charge is 0.325 e. The Balaban J connectivity index is 1.63. The molecule has 0 spiro atoms. The highest BCUT2D eigenvalue weighted by Crippen LogP contribution is 2.18. The molecule has 132 valence electrons. The maximum absolute atomic E-state index is 12.3. The molecule has 0 aliphatic heterocycles. The van der Waals surface area contributed by atoms with E-state index >= 15 is 0 Å². The van der Waals surface area contributed by atoms with E-state index in [4.69, 9.17) is 11.6 Å². The van der Waals surface area contributed by atoms with Gasteiger partial charge in [0.25, 0.3) is 0 Å². The van der Waals surface area contributed by atoms with Gasteiger partial charge in [0.05, 0.1) is 6.54 Å². The lowest BCUT2D eigenvalue weighted by atomic mass is 9.99. The van der Waals surface area contributed by atoms with Gasteiger partial charge in [-0.15, -0.1) is 0 Å². The van der Waals surface area contributed by atoms with Crippen molar-refractivity contribution in [3.05, 3.63) is 101 Å². The van der Waals surface area contributed by atoms with Crippen molar-refractivity contribution >= 4 is 23.2 Å². The molecule has 2 N–H and O–H groups in total. The summed E-state index contributed by atoms with van der Waals surface area (Å²) in [5, 5.41) is 6.90. The summed E-state index contributed by atoms with van der Waals surface area (Å²) in [5.41, 5.74) is 3.13. The molecule has 0 aliphatic carbocycles. The molecule has 0 radical (unpaired) electrons. The monoisotopic (exact) mass is 364 g/mol. The number of carbonyl (C=O) groups is 1. The van der Waals surface area contributed by atoms with Crippen molar-refractivity contribution in [1.29, 1.82) is 0 Å². The van der Waals surface area contributed by atoms with E-state index in [1.165, 1.54) is 5.56 Å². The zero-order valence-electron chi connectivity index (χ0n) is 14.4. The van der Waals surface area contributed by atoms with Crippen LogP contribution in [0.25, 0.3) is 0 Å². The van der Waals surface area contributed by atoms with E-state index in [0.29, 0.717) is 5.02 Å². The van der Waals surface area contributed by atoms with Crippen LogP contribution in [-0.4, -0.2) is 12.5 Å². The second-order valence-electron chi connectivity index (χ2n) is 6.09. The van der Waals surface area contributed by atoms with Gasteiger partial charge in [-0.05, 0) is 41.8 Å². The summed E-state index contributed by atoms with van der Waals surface area (Å²) in [6, 6.07) is 27.6. The predicted molar refractivity (Wildman–Crippen MR) is 107 cm³/mol. The summed E-state index contributed by atoms with van der Waals surface area (Å²) < 4.78 is 0. The molecular formula is C22H21ClN2O. The van der Waals surface area contributed by atoms with Crippen LogP contribution in [-0.2, 0) is 11.2 Å². The first-order chi connectivity index (χ1) is 12.7. The molecule has 1 atom stereocenters. The van der Waals surface area contributed by atoms with Gasteiger partial charge in [-0.3, -0.25) is 4.79 Å². The van der Waals surface area contributed by atoms with Crippen molar-refractivity contribution in [3.8, 4) is 0 Å². The summed E-state index contributed by atoms with van der Waals surface area (Å²) in [4.78, 5) is 12.3. The van der Waals surface area contributed by atoms with Crippen LogP contribution in [0.4, 0.5) is 5.69 Å². The lowest BCUT2D eigenvalue weighted by molar-refractivity contribution is -0.115. The molecule has 1 amide bonds. The van der Waals surface area contributed by atoms with Gasteiger partial charge in [0.1, 0.15) is 0 Å². The van der Waals surface area contributed by atoms with Crippen LogP contribution in [0, 0.1) is 0 Å². The third kappa shape index (κ3) is 5.45. The number of halogens is 1. The topological polar surface area (TPSA) is 41.1 Å². The molecule has 0 saturated carbocycles. The van der Waals surface area contributed by atoms with Crippen molar-refractivity contribution in [3.63, 3.8) is 0 Å². The van der Waals surface area contributed by atoms with E-state index in [9.17, 15) is 4.79 Å². The summed E-state index contributed by atoms with van der Waals surface area (Å²) >= 11 is 5.87. The number of nitrogens with one attached hydrogen (secondary N) is 2. The van der Waals surface area contributed by atoms with Gasteiger partial charge in [-0.25, -0.2) is 0 Å². The molecule has 4 heteroatoms. The molecule has 0 aliphatic rings. The minimum Gasteiger partial charge on any atom is -0.325 e. The average Bonchev–Trinajstić information content (AvgIpc) is 2.68. The molecule has 0 aromatic heterocycles. The van der Waals surface area contributed by atoms with Crippen LogP contribution in [0.1, 0.15) is 17.2 Å². The standard InChI is InChI=1S/C22H21ClN2O/c23-19-11-13-20(14-12-19)25-22(26)16-24-21(18-9-5-2-6-10-18)15-17-7-3-1-4-8-17/h1-14,21,24H,15-16H2,(H,25,26). The lowest BCUT2D eigenvalue weighted by Crippen LogP contribution is -2.32. The molecular weight excluding hydrogens is 344 g/mol. The number of benzene rings is 3. The van der Waals surface area contributed by atoms with E-state index in [1.807, 2.05) is 36.4 Å². The predicted octanol–water partition coefficient (Wildman–Crippen LogP) is 4.85. The lowest BCUT2D eigenvalue weighted by Gasteiger charge is -2.19. The van der Waals surface area contributed by atoms with Gasteiger partial charge in [0.15, 0.2) is 0 Å². The highest BCUT2D eigenvalue weighted by atomic mass is 35.5. The Labute approximate surface area is 159 Å². The van der Waals surface area contributed by atoms with Crippen LogP contribution in [0.15, 0.2) is 84.9 Å². The molecule has 1 unspecified atom stereocenters. The van der Waals surface area contributed by atoms with Gasteiger partial charge in [0.2, 0.25) is 5.91 Å². The summed E-state index contributed by atoms with van der Waals surface area (Å²) in [7, 11) is 0. The van der Waals surface area contributed by atoms with Crippen LogP contribution in [0.2, 0.25) is 5.02 Å². The molecule has 3 nitrogen and oxygen atoms in total. The second-order valence-corrected chi connectivity index (χ2v) is 6.53. The van der Waals surface area contributed by atoms with Gasteiger partial charge in [-0.2, -0.15) is 0 Å².